The number of hydrogen-bond acceptors (Lipinski definition) is 2. The summed E-state index contributed by atoms with van der Waals surface area (Å²) in [4.78, 5) is 10.4. The highest BCUT2D eigenvalue weighted by molar-refractivity contribution is 6.63. The van der Waals surface area contributed by atoms with Gasteiger partial charge in [0.2, 0.25) is 5.24 Å². The van der Waals surface area contributed by atoms with Crippen molar-refractivity contribution in [3.05, 3.63) is 35.4 Å². The lowest BCUT2D eigenvalue weighted by molar-refractivity contribution is -0.116. The van der Waals surface area contributed by atoms with Crippen molar-refractivity contribution in [1.29, 1.82) is 0 Å². The molecule has 1 aromatic carbocycles. The monoisotopic (exact) mass is 212 g/mol. The molecule has 0 aliphatic carbocycles. The van der Waals surface area contributed by atoms with Crippen molar-refractivity contribution < 1.29 is 9.53 Å². The molecule has 0 aromatic heterocycles. The highest BCUT2D eigenvalue weighted by atomic mass is 35.5. The lowest BCUT2D eigenvalue weighted by atomic mass is 10.1. The Hall–Kier alpha value is -0.860. The first kappa shape index (κ1) is 11.2. The van der Waals surface area contributed by atoms with Crippen LogP contribution in [0.2, 0.25) is 0 Å². The zero-order chi connectivity index (χ0) is 10.4. The molecule has 0 saturated heterocycles. The molecule has 2 nitrogen and oxygen atoms in total. The molecule has 0 fully saturated rings. The number of aryl methyl sites for hydroxylation is 1. The summed E-state index contributed by atoms with van der Waals surface area (Å²) in [6.45, 7) is 2.51. The van der Waals surface area contributed by atoms with E-state index in [0.29, 0.717) is 6.61 Å². The van der Waals surface area contributed by atoms with Crippen LogP contribution in [0.15, 0.2) is 24.3 Å². The van der Waals surface area contributed by atoms with Crippen LogP contribution in [0.25, 0.3) is 0 Å². The molecule has 76 valence electrons. The third-order valence-corrected chi connectivity index (χ3v) is 2.08. The molecule has 3 heteroatoms. The van der Waals surface area contributed by atoms with Gasteiger partial charge in [-0.05, 0) is 29.1 Å². The van der Waals surface area contributed by atoms with Crippen LogP contribution < -0.4 is 0 Å². The molecule has 14 heavy (non-hydrogen) atoms. The van der Waals surface area contributed by atoms with E-state index in [2.05, 4.69) is 13.0 Å². The second-order valence-electron chi connectivity index (χ2n) is 2.97. The molecule has 0 amide bonds. The van der Waals surface area contributed by atoms with E-state index >= 15 is 0 Å². The van der Waals surface area contributed by atoms with Gasteiger partial charge in [-0.25, -0.2) is 0 Å². The first-order valence-corrected chi connectivity index (χ1v) is 4.94. The Kier molecular flexibility index (Phi) is 4.63. The quantitative estimate of drug-likeness (QED) is 0.702. The third kappa shape index (κ3) is 3.48. The van der Waals surface area contributed by atoms with Crippen molar-refractivity contribution in [3.8, 4) is 0 Å². The molecular weight excluding hydrogens is 200 g/mol. The smallest absolute Gasteiger partial charge is 0.247 e. The Morgan fingerprint density at radius 2 is 2.00 bits per heavy atom. The molecule has 1 rings (SSSR count). The van der Waals surface area contributed by atoms with Gasteiger partial charge in [-0.3, -0.25) is 4.79 Å². The number of hydrogen-bond donors (Lipinski definition) is 0. The maximum Gasteiger partial charge on any atom is 0.247 e. The summed E-state index contributed by atoms with van der Waals surface area (Å²) in [6, 6.07) is 8.01. The van der Waals surface area contributed by atoms with Gasteiger partial charge in [0, 0.05) is 0 Å². The minimum Gasteiger partial charge on any atom is -0.368 e. The van der Waals surface area contributed by atoms with Crippen LogP contribution in [0.1, 0.15) is 18.1 Å². The molecule has 1 aromatic rings. The van der Waals surface area contributed by atoms with Gasteiger partial charge in [0.15, 0.2) is 0 Å². The second kappa shape index (κ2) is 5.78. The van der Waals surface area contributed by atoms with E-state index in [-0.39, 0.29) is 6.61 Å². The zero-order valence-electron chi connectivity index (χ0n) is 8.13. The fourth-order valence-corrected chi connectivity index (χ4v) is 1.36. The summed E-state index contributed by atoms with van der Waals surface area (Å²) >= 11 is 5.15. The van der Waals surface area contributed by atoms with E-state index in [4.69, 9.17) is 16.3 Å². The third-order valence-electron chi connectivity index (χ3n) is 1.97. The molecule has 0 saturated carbocycles. The summed E-state index contributed by atoms with van der Waals surface area (Å²) in [6.07, 6.45) is 0.967. The van der Waals surface area contributed by atoms with Crippen LogP contribution in [-0.2, 0) is 22.6 Å². The topological polar surface area (TPSA) is 26.3 Å². The van der Waals surface area contributed by atoms with Gasteiger partial charge in [0.25, 0.3) is 0 Å². The van der Waals surface area contributed by atoms with Crippen LogP contribution in [0.5, 0.6) is 0 Å². The summed E-state index contributed by atoms with van der Waals surface area (Å²) in [7, 11) is 0. The first-order valence-electron chi connectivity index (χ1n) is 4.57. The average Bonchev–Trinajstić information content (AvgIpc) is 2.18. The molecule has 0 radical (unpaired) electrons. The average molecular weight is 213 g/mol. The maximum absolute atomic E-state index is 10.4. The van der Waals surface area contributed by atoms with Gasteiger partial charge >= 0.3 is 0 Å². The van der Waals surface area contributed by atoms with E-state index in [1.165, 1.54) is 5.56 Å². The van der Waals surface area contributed by atoms with Crippen molar-refractivity contribution in [2.45, 2.75) is 20.0 Å². The van der Waals surface area contributed by atoms with E-state index in [1.807, 2.05) is 18.2 Å². The van der Waals surface area contributed by atoms with Crippen LogP contribution in [0, 0.1) is 0 Å². The number of ether oxygens (including phenoxy) is 1. The largest absolute Gasteiger partial charge is 0.368 e. The van der Waals surface area contributed by atoms with Crippen molar-refractivity contribution in [1.82, 2.24) is 0 Å². The van der Waals surface area contributed by atoms with E-state index < -0.39 is 5.24 Å². The molecule has 0 spiro atoms. The van der Waals surface area contributed by atoms with Gasteiger partial charge in [-0.15, -0.1) is 0 Å². The summed E-state index contributed by atoms with van der Waals surface area (Å²) in [5.74, 6) is 0. The normalized spacial score (nSPS) is 10.1. The predicted molar refractivity (Wildman–Crippen MR) is 56.3 cm³/mol. The van der Waals surface area contributed by atoms with Gasteiger partial charge < -0.3 is 4.74 Å². The summed E-state index contributed by atoms with van der Waals surface area (Å²) in [5, 5.41) is -0.459. The SMILES string of the molecule is CCc1ccccc1COCC(=O)Cl. The highest BCUT2D eigenvalue weighted by Gasteiger charge is 2.01. The Morgan fingerprint density at radius 1 is 1.36 bits per heavy atom. The second-order valence-corrected chi connectivity index (χ2v) is 3.39. The molecule has 0 atom stereocenters. The number of carbonyl (C=O) groups excluding carboxylic acids is 1. The minimum atomic E-state index is -0.459. The standard InChI is InChI=1S/C11H13ClO2/c1-2-9-5-3-4-6-10(9)7-14-8-11(12)13/h3-6H,2,7-8H2,1H3. The van der Waals surface area contributed by atoms with Gasteiger partial charge in [0.05, 0.1) is 6.61 Å². The molecule has 0 aliphatic rings. The Morgan fingerprint density at radius 3 is 2.57 bits per heavy atom. The Balaban J connectivity index is 2.53. The predicted octanol–water partition coefficient (Wildman–Crippen LogP) is 2.53. The highest BCUT2D eigenvalue weighted by Crippen LogP contribution is 2.10. The lowest BCUT2D eigenvalue weighted by Crippen LogP contribution is -2.03. The van der Waals surface area contributed by atoms with E-state index in [1.54, 1.807) is 0 Å². The van der Waals surface area contributed by atoms with Gasteiger partial charge in [-0.1, -0.05) is 31.2 Å². The number of benzene rings is 1. The van der Waals surface area contributed by atoms with Gasteiger partial charge in [0.1, 0.15) is 6.61 Å². The molecule has 0 N–H and O–H groups in total. The summed E-state index contributed by atoms with van der Waals surface area (Å²) < 4.78 is 5.14. The van der Waals surface area contributed by atoms with Crippen molar-refractivity contribution in [3.63, 3.8) is 0 Å². The first-order chi connectivity index (χ1) is 6.74. The van der Waals surface area contributed by atoms with Crippen LogP contribution in [-0.4, -0.2) is 11.8 Å². The number of halogens is 1. The molecule has 0 aliphatic heterocycles. The van der Waals surface area contributed by atoms with E-state index in [0.717, 1.165) is 12.0 Å². The van der Waals surface area contributed by atoms with Crippen LogP contribution in [0.3, 0.4) is 0 Å². The van der Waals surface area contributed by atoms with Crippen molar-refractivity contribution >= 4 is 16.8 Å². The number of rotatable bonds is 5. The number of carbonyl (C=O) groups is 1. The molecular formula is C11H13ClO2. The zero-order valence-corrected chi connectivity index (χ0v) is 8.88. The molecule has 0 bridgehead atoms. The fraction of sp³-hybridized carbons (Fsp3) is 0.364. The van der Waals surface area contributed by atoms with Crippen molar-refractivity contribution in [2.24, 2.45) is 0 Å². The molecule has 0 unspecified atom stereocenters. The minimum absolute atomic E-state index is 0.0282. The molecule has 0 heterocycles. The van der Waals surface area contributed by atoms with Gasteiger partial charge in [-0.2, -0.15) is 0 Å². The lowest BCUT2D eigenvalue weighted by Gasteiger charge is -2.06. The fourth-order valence-electron chi connectivity index (χ4n) is 1.28. The Bertz CT molecular complexity index is 310. The maximum atomic E-state index is 10.4. The van der Waals surface area contributed by atoms with Crippen LogP contribution >= 0.6 is 11.6 Å². The van der Waals surface area contributed by atoms with Crippen molar-refractivity contribution in [2.75, 3.05) is 6.61 Å². The summed E-state index contributed by atoms with van der Waals surface area (Å²) in [5.41, 5.74) is 2.36. The van der Waals surface area contributed by atoms with E-state index in [9.17, 15) is 4.79 Å². The Labute approximate surface area is 88.8 Å². The van der Waals surface area contributed by atoms with Crippen LogP contribution in [0.4, 0.5) is 0 Å².